The van der Waals surface area contributed by atoms with Crippen LogP contribution < -0.4 is 10.4 Å². The summed E-state index contributed by atoms with van der Waals surface area (Å²) in [5.74, 6) is 0.779. The van der Waals surface area contributed by atoms with Gasteiger partial charge in [-0.2, -0.15) is 9.36 Å². The molecule has 27 heavy (non-hydrogen) atoms. The second kappa shape index (κ2) is 7.20. The van der Waals surface area contributed by atoms with E-state index in [1.165, 1.54) is 14.2 Å². The van der Waals surface area contributed by atoms with Crippen LogP contribution in [0.15, 0.2) is 64.8 Å². The molecule has 0 spiro atoms. The molecule has 4 aromatic rings. The van der Waals surface area contributed by atoms with Crippen LogP contribution in [0.5, 0.6) is 5.75 Å². The molecule has 2 aromatic carbocycles. The molecule has 0 saturated heterocycles. The van der Waals surface area contributed by atoms with E-state index in [-0.39, 0.29) is 5.69 Å². The lowest BCUT2D eigenvalue weighted by Gasteiger charge is -2.13. The van der Waals surface area contributed by atoms with Crippen molar-refractivity contribution in [1.29, 1.82) is 0 Å². The van der Waals surface area contributed by atoms with Gasteiger partial charge in [0.25, 0.3) is 0 Å². The van der Waals surface area contributed by atoms with Crippen LogP contribution in [0.1, 0.15) is 11.1 Å². The molecule has 136 valence electrons. The van der Waals surface area contributed by atoms with E-state index in [1.807, 2.05) is 49.4 Å². The van der Waals surface area contributed by atoms with Crippen molar-refractivity contribution in [1.82, 2.24) is 19.8 Å². The van der Waals surface area contributed by atoms with E-state index in [1.54, 1.807) is 18.4 Å². The lowest BCUT2D eigenvalue weighted by molar-refractivity contribution is 0.305. The zero-order chi connectivity index (χ0) is 18.8. The minimum Gasteiger partial charge on any atom is -0.489 e. The van der Waals surface area contributed by atoms with Gasteiger partial charge in [0, 0.05) is 17.5 Å². The maximum absolute atomic E-state index is 12.2. The zero-order valence-electron chi connectivity index (χ0n) is 15.0. The number of aryl methyl sites for hydroxylation is 2. The Morgan fingerprint density at radius 2 is 1.93 bits per heavy atom. The summed E-state index contributed by atoms with van der Waals surface area (Å²) < 4.78 is 8.56. The van der Waals surface area contributed by atoms with Gasteiger partial charge in [-0.3, -0.25) is 0 Å². The third kappa shape index (κ3) is 3.41. The lowest BCUT2D eigenvalue weighted by atomic mass is 10.1. The van der Waals surface area contributed by atoms with Gasteiger partial charge in [0.1, 0.15) is 12.4 Å². The highest BCUT2D eigenvalue weighted by molar-refractivity contribution is 7.13. The summed E-state index contributed by atoms with van der Waals surface area (Å²) in [5, 5.41) is 9.81. The van der Waals surface area contributed by atoms with Crippen LogP contribution >= 0.6 is 11.3 Å². The summed E-state index contributed by atoms with van der Waals surface area (Å²) in [6.07, 6.45) is 0. The fraction of sp³-hybridized carbons (Fsp3) is 0.150. The van der Waals surface area contributed by atoms with Crippen molar-refractivity contribution >= 4 is 11.3 Å². The summed E-state index contributed by atoms with van der Waals surface area (Å²) in [4.78, 5) is 13.4. The first-order chi connectivity index (χ1) is 13.1. The van der Waals surface area contributed by atoms with Gasteiger partial charge in [-0.25, -0.2) is 4.79 Å². The molecule has 0 N–H and O–H groups in total. The molecule has 0 bridgehead atoms. The molecule has 2 heterocycles. The summed E-state index contributed by atoms with van der Waals surface area (Å²) in [7, 11) is 1.58. The zero-order valence-corrected chi connectivity index (χ0v) is 15.8. The van der Waals surface area contributed by atoms with Crippen molar-refractivity contribution < 1.29 is 4.74 Å². The maximum atomic E-state index is 12.2. The highest BCUT2D eigenvalue weighted by atomic mass is 32.1. The monoisotopic (exact) mass is 378 g/mol. The SMILES string of the molecule is Cc1cccc(-n2nnn(C)c2=O)c1COc1cccc(-c2cccs2)c1. The first-order valence-electron chi connectivity index (χ1n) is 8.48. The predicted octanol–water partition coefficient (Wildman–Crippen LogP) is 3.58. The van der Waals surface area contributed by atoms with Gasteiger partial charge >= 0.3 is 5.69 Å². The third-order valence-corrected chi connectivity index (χ3v) is 5.28. The topological polar surface area (TPSA) is 61.9 Å². The Morgan fingerprint density at radius 1 is 1.07 bits per heavy atom. The van der Waals surface area contributed by atoms with Crippen molar-refractivity contribution in [3.63, 3.8) is 0 Å². The molecule has 2 aromatic heterocycles. The van der Waals surface area contributed by atoms with Gasteiger partial charge in [-0.1, -0.05) is 30.3 Å². The van der Waals surface area contributed by atoms with E-state index in [2.05, 4.69) is 27.9 Å². The minimum absolute atomic E-state index is 0.290. The van der Waals surface area contributed by atoms with E-state index in [9.17, 15) is 4.79 Å². The van der Waals surface area contributed by atoms with Gasteiger partial charge in [-0.15, -0.1) is 11.3 Å². The van der Waals surface area contributed by atoms with E-state index in [0.29, 0.717) is 12.3 Å². The molecular weight excluding hydrogens is 360 g/mol. The summed E-state index contributed by atoms with van der Waals surface area (Å²) in [6, 6.07) is 17.9. The number of nitrogens with zero attached hydrogens (tertiary/aromatic N) is 4. The fourth-order valence-corrected chi connectivity index (χ4v) is 3.60. The van der Waals surface area contributed by atoms with Crippen molar-refractivity contribution in [2.45, 2.75) is 13.5 Å². The molecule has 0 atom stereocenters. The van der Waals surface area contributed by atoms with Crippen LogP contribution in [0.2, 0.25) is 0 Å². The van der Waals surface area contributed by atoms with Gasteiger partial charge < -0.3 is 4.74 Å². The molecule has 0 saturated carbocycles. The maximum Gasteiger partial charge on any atom is 0.368 e. The van der Waals surface area contributed by atoms with Gasteiger partial charge in [-0.05, 0) is 58.1 Å². The average molecular weight is 378 g/mol. The van der Waals surface area contributed by atoms with Crippen molar-refractivity contribution in [2.75, 3.05) is 0 Å². The first-order valence-corrected chi connectivity index (χ1v) is 9.36. The smallest absolute Gasteiger partial charge is 0.368 e. The van der Waals surface area contributed by atoms with E-state index < -0.39 is 0 Å². The second-order valence-electron chi connectivity index (χ2n) is 6.16. The number of thiophene rings is 1. The van der Waals surface area contributed by atoms with E-state index in [4.69, 9.17) is 4.74 Å². The Morgan fingerprint density at radius 3 is 2.67 bits per heavy atom. The average Bonchev–Trinajstić information content (AvgIpc) is 3.32. The van der Waals surface area contributed by atoms with Crippen molar-refractivity contribution in [3.8, 4) is 21.9 Å². The fourth-order valence-electron chi connectivity index (χ4n) is 2.88. The molecule has 0 aliphatic carbocycles. The van der Waals surface area contributed by atoms with Crippen LogP contribution in [-0.2, 0) is 13.7 Å². The standard InChI is InChI=1S/C20H18N4O2S/c1-14-6-3-9-18(24-20(25)23(2)21-22-24)17(14)13-26-16-8-4-7-15(12-16)19-10-5-11-27-19/h3-12H,13H2,1-2H3. The molecule has 0 unspecified atom stereocenters. The highest BCUT2D eigenvalue weighted by Crippen LogP contribution is 2.28. The summed E-state index contributed by atoms with van der Waals surface area (Å²) in [6.45, 7) is 2.32. The Kier molecular flexibility index (Phi) is 4.60. The lowest BCUT2D eigenvalue weighted by Crippen LogP contribution is -2.23. The van der Waals surface area contributed by atoms with Crippen LogP contribution in [0.4, 0.5) is 0 Å². The number of aromatic nitrogens is 4. The second-order valence-corrected chi connectivity index (χ2v) is 7.11. The minimum atomic E-state index is -0.290. The molecule has 0 radical (unpaired) electrons. The molecule has 4 rings (SSSR count). The van der Waals surface area contributed by atoms with Gasteiger partial charge in [0.2, 0.25) is 0 Å². The molecule has 0 fully saturated rings. The molecular formula is C20H18N4O2S. The largest absolute Gasteiger partial charge is 0.489 e. The van der Waals surface area contributed by atoms with Crippen LogP contribution in [0.25, 0.3) is 16.1 Å². The molecule has 0 amide bonds. The third-order valence-electron chi connectivity index (χ3n) is 4.36. The first kappa shape index (κ1) is 17.2. The Bertz CT molecular complexity index is 1130. The van der Waals surface area contributed by atoms with E-state index >= 15 is 0 Å². The Hall–Kier alpha value is -3.19. The number of benzene rings is 2. The quantitative estimate of drug-likeness (QED) is 0.532. The van der Waals surface area contributed by atoms with Gasteiger partial charge in [0.05, 0.1) is 5.69 Å². The van der Waals surface area contributed by atoms with Crippen LogP contribution in [-0.4, -0.2) is 19.8 Å². The Balaban J connectivity index is 1.63. The number of ether oxygens (including phenoxy) is 1. The van der Waals surface area contributed by atoms with Crippen molar-refractivity contribution in [3.05, 3.63) is 81.6 Å². The number of tetrazole rings is 1. The normalized spacial score (nSPS) is 10.9. The molecule has 0 aliphatic heterocycles. The predicted molar refractivity (Wildman–Crippen MR) is 105 cm³/mol. The summed E-state index contributed by atoms with van der Waals surface area (Å²) >= 11 is 1.69. The van der Waals surface area contributed by atoms with Crippen LogP contribution in [0, 0.1) is 6.92 Å². The Labute approximate surface area is 160 Å². The summed E-state index contributed by atoms with van der Waals surface area (Å²) in [5.41, 5.74) is 3.45. The number of rotatable bonds is 5. The van der Waals surface area contributed by atoms with Crippen molar-refractivity contribution in [2.24, 2.45) is 7.05 Å². The highest BCUT2D eigenvalue weighted by Gasteiger charge is 2.13. The number of hydrogen-bond acceptors (Lipinski definition) is 5. The van der Waals surface area contributed by atoms with Crippen LogP contribution in [0.3, 0.4) is 0 Å². The number of hydrogen-bond donors (Lipinski definition) is 0. The molecule has 0 aliphatic rings. The molecule has 6 nitrogen and oxygen atoms in total. The van der Waals surface area contributed by atoms with Gasteiger partial charge in [0.15, 0.2) is 0 Å². The molecule has 7 heteroatoms. The van der Waals surface area contributed by atoms with E-state index in [0.717, 1.165) is 22.4 Å².